The van der Waals surface area contributed by atoms with Crippen LogP contribution < -0.4 is 15.8 Å². The number of pyridine rings is 1. The number of alkyl halides is 3. The van der Waals surface area contributed by atoms with Crippen molar-refractivity contribution in [3.05, 3.63) is 82.6 Å². The molecule has 4 N–H and O–H groups in total. The van der Waals surface area contributed by atoms with Gasteiger partial charge in [0.1, 0.15) is 18.9 Å². The number of hydrogen-bond acceptors (Lipinski definition) is 7. The Labute approximate surface area is 237 Å². The molecule has 1 aromatic heterocycles. The van der Waals surface area contributed by atoms with Gasteiger partial charge in [0.05, 0.1) is 0 Å². The molecule has 0 bridgehead atoms. The second kappa shape index (κ2) is 12.4. The molecule has 0 unspecified atom stereocenters. The molecule has 41 heavy (non-hydrogen) atoms. The summed E-state index contributed by atoms with van der Waals surface area (Å²) in [6.45, 7) is 0.297. The van der Waals surface area contributed by atoms with Crippen LogP contribution in [0.4, 0.5) is 13.2 Å². The van der Waals surface area contributed by atoms with Crippen LogP contribution in [0.1, 0.15) is 29.2 Å². The number of nitrogens with one attached hydrogen (secondary N) is 1. The normalized spacial score (nSPS) is 16.0. The molecular formula is C27H25ClF3N5O5. The van der Waals surface area contributed by atoms with Gasteiger partial charge in [-0.15, -0.1) is 13.2 Å². The first-order valence-electron chi connectivity index (χ1n) is 12.2. The fraction of sp³-hybridized carbons (Fsp3) is 0.259. The molecule has 1 saturated heterocycles. The van der Waals surface area contributed by atoms with Crippen molar-refractivity contribution in [1.82, 2.24) is 15.2 Å². The molecule has 4 rings (SSSR count). The van der Waals surface area contributed by atoms with Gasteiger partial charge in [-0.1, -0.05) is 28.9 Å². The maximum absolute atomic E-state index is 12.9. The van der Waals surface area contributed by atoms with Crippen LogP contribution in [0.25, 0.3) is 11.1 Å². The molecule has 14 heteroatoms. The number of aliphatic hydroxyl groups is 1. The Morgan fingerprint density at radius 1 is 1.22 bits per heavy atom. The third kappa shape index (κ3) is 7.24. The minimum atomic E-state index is -4.99. The number of benzene rings is 2. The highest BCUT2D eigenvalue weighted by atomic mass is 35.5. The van der Waals surface area contributed by atoms with Crippen LogP contribution in [0.15, 0.2) is 66.1 Å². The highest BCUT2D eigenvalue weighted by molar-refractivity contribution is 6.30. The number of ether oxygens (including phenoxy) is 1. The molecule has 10 nitrogen and oxygen atoms in total. The van der Waals surface area contributed by atoms with Crippen molar-refractivity contribution in [1.29, 1.82) is 0 Å². The summed E-state index contributed by atoms with van der Waals surface area (Å²) in [5.74, 6) is -1.83. The Kier molecular flexibility index (Phi) is 8.98. The van der Waals surface area contributed by atoms with Crippen LogP contribution in [0.3, 0.4) is 0 Å². The van der Waals surface area contributed by atoms with Gasteiger partial charge in [0.15, 0.2) is 11.9 Å². The van der Waals surface area contributed by atoms with Gasteiger partial charge in [0, 0.05) is 36.1 Å². The largest absolute Gasteiger partial charge is 0.573 e. The van der Waals surface area contributed by atoms with Crippen molar-refractivity contribution in [3.8, 4) is 16.9 Å². The lowest BCUT2D eigenvalue weighted by Gasteiger charge is -2.40. The van der Waals surface area contributed by atoms with E-state index < -0.39 is 36.1 Å². The second-order valence-corrected chi connectivity index (χ2v) is 9.44. The zero-order valence-corrected chi connectivity index (χ0v) is 22.3. The Bertz CT molecular complexity index is 1450. The first-order chi connectivity index (χ1) is 19.5. The van der Waals surface area contributed by atoms with E-state index in [4.69, 9.17) is 22.2 Å². The highest BCUT2D eigenvalue weighted by Crippen LogP contribution is 2.32. The molecule has 0 saturated carbocycles. The quantitative estimate of drug-likeness (QED) is 0.197. The number of oxime groups is 1. The van der Waals surface area contributed by atoms with Gasteiger partial charge >= 0.3 is 6.36 Å². The van der Waals surface area contributed by atoms with E-state index in [2.05, 4.69) is 20.2 Å². The van der Waals surface area contributed by atoms with Crippen molar-refractivity contribution in [2.45, 2.75) is 31.5 Å². The number of aromatic nitrogens is 1. The topological polar surface area (TPSA) is 139 Å². The number of halogens is 4. The second-order valence-electron chi connectivity index (χ2n) is 9.00. The summed E-state index contributed by atoms with van der Waals surface area (Å²) in [6.07, 6.45) is -3.24. The number of carbonyl (C=O) groups excluding carboxylic acids is 2. The molecule has 0 spiro atoms. The van der Waals surface area contributed by atoms with Crippen molar-refractivity contribution in [3.63, 3.8) is 0 Å². The predicted molar refractivity (Wildman–Crippen MR) is 142 cm³/mol. The SMILES string of the molecule is CO/N=C(\N)c1ccc(CNC(=O)[C@@H]2CCN2C(=O)[C@H](O)c2cc(Cl)cc(OC(F)(F)F)c2)cc1-c1ccncc1. The number of amidine groups is 1. The maximum atomic E-state index is 12.9. The van der Waals surface area contributed by atoms with Crippen LogP contribution in [-0.2, 0) is 21.0 Å². The number of nitrogens with two attached hydrogens (primary N) is 1. The van der Waals surface area contributed by atoms with Crippen molar-refractivity contribution in [2.24, 2.45) is 10.9 Å². The van der Waals surface area contributed by atoms with Crippen LogP contribution >= 0.6 is 11.6 Å². The fourth-order valence-electron chi connectivity index (χ4n) is 4.31. The maximum Gasteiger partial charge on any atom is 0.573 e. The number of nitrogens with zero attached hydrogens (tertiary/aromatic N) is 3. The van der Waals surface area contributed by atoms with Gasteiger partial charge in [-0.25, -0.2) is 0 Å². The molecule has 1 aliphatic heterocycles. The van der Waals surface area contributed by atoms with Crippen molar-refractivity contribution >= 4 is 29.3 Å². The summed E-state index contributed by atoms with van der Waals surface area (Å²) in [6, 6.07) is 11.0. The summed E-state index contributed by atoms with van der Waals surface area (Å²) in [7, 11) is 1.38. The first-order valence-corrected chi connectivity index (χ1v) is 12.6. The minimum Gasteiger partial charge on any atom is -0.406 e. The van der Waals surface area contributed by atoms with Gasteiger partial charge in [-0.3, -0.25) is 14.6 Å². The van der Waals surface area contributed by atoms with Crippen LogP contribution in [0, 0.1) is 0 Å². The number of aliphatic hydroxyl groups excluding tert-OH is 1. The van der Waals surface area contributed by atoms with Gasteiger partial charge in [0.25, 0.3) is 5.91 Å². The molecule has 0 aliphatic carbocycles. The van der Waals surface area contributed by atoms with E-state index >= 15 is 0 Å². The van der Waals surface area contributed by atoms with Crippen LogP contribution in [-0.4, -0.2) is 58.7 Å². The Balaban J connectivity index is 1.44. The number of amides is 2. The lowest BCUT2D eigenvalue weighted by molar-refractivity contribution is -0.274. The standard InChI is InChI=1S/C27H25ClF3N5O5/c1-40-35-24(32)20-3-2-15(10-21(20)16-4-7-33-8-5-16)14-34-25(38)22-6-9-36(22)26(39)23(37)17-11-18(28)13-19(12-17)41-27(29,30)31/h2-5,7-8,10-13,22-23,37H,6,9,14H2,1H3,(H2,32,35)(H,34,38)/t22-,23+/m0/s1. The molecule has 3 aromatic rings. The van der Waals surface area contributed by atoms with Gasteiger partial charge in [0.2, 0.25) is 5.91 Å². The summed E-state index contributed by atoms with van der Waals surface area (Å²) < 4.78 is 41.7. The summed E-state index contributed by atoms with van der Waals surface area (Å²) >= 11 is 5.86. The average molecular weight is 592 g/mol. The monoisotopic (exact) mass is 591 g/mol. The molecule has 2 atom stereocenters. The van der Waals surface area contributed by atoms with Gasteiger partial charge < -0.3 is 30.6 Å². The average Bonchev–Trinajstić information content (AvgIpc) is 2.90. The lowest BCUT2D eigenvalue weighted by Crippen LogP contribution is -2.59. The molecule has 2 aromatic carbocycles. The van der Waals surface area contributed by atoms with E-state index in [-0.39, 0.29) is 29.5 Å². The van der Waals surface area contributed by atoms with Gasteiger partial charge in [-0.2, -0.15) is 0 Å². The van der Waals surface area contributed by atoms with E-state index in [0.717, 1.165) is 39.8 Å². The number of hydrogen-bond donors (Lipinski definition) is 3. The molecular weight excluding hydrogens is 567 g/mol. The number of likely N-dealkylation sites (tertiary alicyclic amines) is 1. The molecule has 1 fully saturated rings. The lowest BCUT2D eigenvalue weighted by atomic mass is 9.96. The van der Waals surface area contributed by atoms with E-state index in [0.29, 0.717) is 12.0 Å². The van der Waals surface area contributed by atoms with Crippen molar-refractivity contribution < 1.29 is 37.4 Å². The number of rotatable bonds is 9. The van der Waals surface area contributed by atoms with E-state index in [1.54, 1.807) is 36.7 Å². The summed E-state index contributed by atoms with van der Waals surface area (Å²) in [4.78, 5) is 35.8. The van der Waals surface area contributed by atoms with E-state index in [1.807, 2.05) is 6.07 Å². The Morgan fingerprint density at radius 2 is 1.95 bits per heavy atom. The molecule has 0 radical (unpaired) electrons. The molecule has 216 valence electrons. The minimum absolute atomic E-state index is 0.117. The third-order valence-corrected chi connectivity index (χ3v) is 6.51. The van der Waals surface area contributed by atoms with Crippen molar-refractivity contribution in [2.75, 3.05) is 13.7 Å². The third-order valence-electron chi connectivity index (χ3n) is 6.29. The molecule has 2 heterocycles. The molecule has 1 aliphatic rings. The summed E-state index contributed by atoms with van der Waals surface area (Å²) in [5.41, 5.74) is 8.74. The van der Waals surface area contributed by atoms with Crippen LogP contribution in [0.5, 0.6) is 5.75 Å². The van der Waals surface area contributed by atoms with Crippen LogP contribution in [0.2, 0.25) is 5.02 Å². The zero-order chi connectivity index (χ0) is 29.7. The van der Waals surface area contributed by atoms with Gasteiger partial charge in [-0.05, 0) is 65.1 Å². The predicted octanol–water partition coefficient (Wildman–Crippen LogP) is 3.52. The first kappa shape index (κ1) is 29.6. The fourth-order valence-corrected chi connectivity index (χ4v) is 4.54. The van der Waals surface area contributed by atoms with E-state index in [9.17, 15) is 27.9 Å². The number of carbonyl (C=O) groups is 2. The highest BCUT2D eigenvalue weighted by Gasteiger charge is 2.40. The zero-order valence-electron chi connectivity index (χ0n) is 21.6. The Hall–Kier alpha value is -4.36. The summed E-state index contributed by atoms with van der Waals surface area (Å²) in [5, 5.41) is 17.0. The molecule has 2 amide bonds. The Morgan fingerprint density at radius 3 is 2.59 bits per heavy atom. The van der Waals surface area contributed by atoms with E-state index in [1.165, 1.54) is 7.11 Å². The smallest absolute Gasteiger partial charge is 0.406 e.